The predicted molar refractivity (Wildman–Crippen MR) is 85.5 cm³/mol. The highest BCUT2D eigenvalue weighted by atomic mass is 16.4. The lowest BCUT2D eigenvalue weighted by Crippen LogP contribution is -2.29. The quantitative estimate of drug-likeness (QED) is 0.941. The highest BCUT2D eigenvalue weighted by molar-refractivity contribution is 5.88. The van der Waals surface area contributed by atoms with Crippen LogP contribution in [-0.4, -0.2) is 34.0 Å². The predicted octanol–water partition coefficient (Wildman–Crippen LogP) is 3.07. The zero-order valence-electron chi connectivity index (χ0n) is 12.3. The molecule has 0 saturated carbocycles. The van der Waals surface area contributed by atoms with Crippen LogP contribution in [0.3, 0.4) is 0 Å². The summed E-state index contributed by atoms with van der Waals surface area (Å²) in [4.78, 5) is 17.7. The fraction of sp³-hybridized carbons (Fsp3) is 0.222. The molecule has 1 N–H and O–H groups in total. The van der Waals surface area contributed by atoms with Crippen LogP contribution in [0.25, 0.3) is 5.57 Å². The molecule has 112 valence electrons. The molecule has 1 aliphatic heterocycles. The molecule has 0 aliphatic carbocycles. The van der Waals surface area contributed by atoms with Gasteiger partial charge in [0.2, 0.25) is 0 Å². The summed E-state index contributed by atoms with van der Waals surface area (Å²) >= 11 is 0. The molecule has 0 saturated heterocycles. The van der Waals surface area contributed by atoms with E-state index >= 15 is 0 Å². The number of rotatable bonds is 4. The molecule has 4 heteroatoms. The minimum Gasteiger partial charge on any atom is -0.478 e. The second-order valence-corrected chi connectivity index (χ2v) is 5.38. The molecule has 2 heterocycles. The molecular weight excluding hydrogens is 276 g/mol. The summed E-state index contributed by atoms with van der Waals surface area (Å²) in [5, 5.41) is 9.22. The van der Waals surface area contributed by atoms with Crippen molar-refractivity contribution in [1.29, 1.82) is 0 Å². The van der Waals surface area contributed by atoms with Crippen LogP contribution >= 0.6 is 0 Å². The first kappa shape index (κ1) is 14.5. The topological polar surface area (TPSA) is 53.4 Å². The zero-order chi connectivity index (χ0) is 15.4. The van der Waals surface area contributed by atoms with Gasteiger partial charge in [-0.25, -0.2) is 4.79 Å². The van der Waals surface area contributed by atoms with E-state index in [0.717, 1.165) is 19.5 Å². The van der Waals surface area contributed by atoms with Gasteiger partial charge in [-0.3, -0.25) is 9.88 Å². The van der Waals surface area contributed by atoms with E-state index in [4.69, 9.17) is 0 Å². The van der Waals surface area contributed by atoms with Gasteiger partial charge in [-0.1, -0.05) is 36.4 Å². The number of hydrogen-bond acceptors (Lipinski definition) is 3. The third-order valence-electron chi connectivity index (χ3n) is 3.93. The second kappa shape index (κ2) is 6.54. The Hall–Kier alpha value is -2.46. The highest BCUT2D eigenvalue weighted by Gasteiger charge is 2.17. The Bertz CT molecular complexity index is 695. The molecule has 0 amide bonds. The molecule has 1 aromatic carbocycles. The van der Waals surface area contributed by atoms with E-state index in [2.05, 4.69) is 40.2 Å². The standard InChI is InChI=1S/C18H18N2O2/c21-18(22)16-7-4-10-19-17(16)13-20-11-8-15(9-12-20)14-5-2-1-3-6-14/h1-8,10H,9,11-13H2,(H,21,22). The van der Waals surface area contributed by atoms with Crippen molar-refractivity contribution in [3.63, 3.8) is 0 Å². The summed E-state index contributed by atoms with van der Waals surface area (Å²) in [7, 11) is 0. The van der Waals surface area contributed by atoms with E-state index < -0.39 is 5.97 Å². The maximum Gasteiger partial charge on any atom is 0.337 e. The van der Waals surface area contributed by atoms with Gasteiger partial charge in [0.1, 0.15) is 0 Å². The van der Waals surface area contributed by atoms with Gasteiger partial charge < -0.3 is 5.11 Å². The number of aromatic carboxylic acids is 1. The van der Waals surface area contributed by atoms with E-state index in [1.54, 1.807) is 18.3 Å². The molecule has 1 aliphatic rings. The monoisotopic (exact) mass is 294 g/mol. The molecule has 0 atom stereocenters. The van der Waals surface area contributed by atoms with Gasteiger partial charge >= 0.3 is 5.97 Å². The Labute approximate surface area is 129 Å². The molecule has 3 rings (SSSR count). The van der Waals surface area contributed by atoms with Crippen LogP contribution in [0.4, 0.5) is 0 Å². The summed E-state index contributed by atoms with van der Waals surface area (Å²) < 4.78 is 0. The van der Waals surface area contributed by atoms with Crippen molar-refractivity contribution >= 4 is 11.5 Å². The Balaban J connectivity index is 1.70. The Morgan fingerprint density at radius 2 is 2.00 bits per heavy atom. The first-order chi connectivity index (χ1) is 10.7. The first-order valence-electron chi connectivity index (χ1n) is 7.38. The van der Waals surface area contributed by atoms with E-state index in [1.807, 2.05) is 6.07 Å². The SMILES string of the molecule is O=C(O)c1cccnc1CN1CC=C(c2ccccc2)CC1. The van der Waals surface area contributed by atoms with Crippen molar-refractivity contribution in [3.05, 3.63) is 71.6 Å². The summed E-state index contributed by atoms with van der Waals surface area (Å²) in [6, 6.07) is 13.7. The van der Waals surface area contributed by atoms with Gasteiger partial charge in [-0.05, 0) is 29.7 Å². The molecule has 0 unspecified atom stereocenters. The maximum atomic E-state index is 11.2. The number of carboxylic acid groups (broad SMARTS) is 1. The van der Waals surface area contributed by atoms with Gasteiger partial charge in [0.05, 0.1) is 11.3 Å². The third-order valence-corrected chi connectivity index (χ3v) is 3.93. The molecule has 4 nitrogen and oxygen atoms in total. The molecule has 1 aromatic heterocycles. The minimum atomic E-state index is -0.916. The minimum absolute atomic E-state index is 0.292. The highest BCUT2D eigenvalue weighted by Crippen LogP contribution is 2.23. The van der Waals surface area contributed by atoms with Gasteiger partial charge in [-0.15, -0.1) is 0 Å². The van der Waals surface area contributed by atoms with Gasteiger partial charge in [0.15, 0.2) is 0 Å². The molecule has 0 spiro atoms. The van der Waals surface area contributed by atoms with Crippen LogP contribution in [0, 0.1) is 0 Å². The van der Waals surface area contributed by atoms with E-state index in [0.29, 0.717) is 17.8 Å². The Morgan fingerprint density at radius 3 is 2.68 bits per heavy atom. The van der Waals surface area contributed by atoms with Crippen LogP contribution in [0.1, 0.15) is 28.0 Å². The molecule has 22 heavy (non-hydrogen) atoms. The number of carboxylic acids is 1. The van der Waals surface area contributed by atoms with Crippen molar-refractivity contribution in [3.8, 4) is 0 Å². The van der Waals surface area contributed by atoms with Crippen molar-refractivity contribution < 1.29 is 9.90 Å². The van der Waals surface area contributed by atoms with Crippen LogP contribution in [0.15, 0.2) is 54.7 Å². The van der Waals surface area contributed by atoms with E-state index in [1.165, 1.54) is 11.1 Å². The zero-order valence-corrected chi connectivity index (χ0v) is 12.3. The van der Waals surface area contributed by atoms with Crippen LogP contribution in [-0.2, 0) is 6.54 Å². The van der Waals surface area contributed by atoms with Crippen molar-refractivity contribution in [2.24, 2.45) is 0 Å². The summed E-state index contributed by atoms with van der Waals surface area (Å²) in [6.45, 7) is 2.30. The molecule has 0 radical (unpaired) electrons. The number of carbonyl (C=O) groups is 1. The fourth-order valence-corrected chi connectivity index (χ4v) is 2.74. The summed E-state index contributed by atoms with van der Waals surface area (Å²) in [6.07, 6.45) is 4.85. The van der Waals surface area contributed by atoms with E-state index in [9.17, 15) is 9.90 Å². The average molecular weight is 294 g/mol. The van der Waals surface area contributed by atoms with Crippen LogP contribution in [0.5, 0.6) is 0 Å². The van der Waals surface area contributed by atoms with Crippen LogP contribution in [0.2, 0.25) is 0 Å². The smallest absolute Gasteiger partial charge is 0.337 e. The lowest BCUT2D eigenvalue weighted by Gasteiger charge is -2.26. The summed E-state index contributed by atoms with van der Waals surface area (Å²) in [5.74, 6) is -0.916. The third kappa shape index (κ3) is 3.23. The van der Waals surface area contributed by atoms with E-state index in [-0.39, 0.29) is 0 Å². The Morgan fingerprint density at radius 1 is 1.18 bits per heavy atom. The normalized spacial score (nSPS) is 15.4. The van der Waals surface area contributed by atoms with Crippen molar-refractivity contribution in [2.45, 2.75) is 13.0 Å². The Kier molecular flexibility index (Phi) is 4.30. The molecular formula is C18H18N2O2. The van der Waals surface area contributed by atoms with Gasteiger partial charge in [-0.2, -0.15) is 0 Å². The molecule has 0 fully saturated rings. The van der Waals surface area contributed by atoms with Gasteiger partial charge in [0.25, 0.3) is 0 Å². The lowest BCUT2D eigenvalue weighted by molar-refractivity contribution is 0.0694. The number of nitrogens with zero attached hydrogens (tertiary/aromatic N) is 2. The molecule has 0 bridgehead atoms. The molecule has 2 aromatic rings. The number of benzene rings is 1. The fourth-order valence-electron chi connectivity index (χ4n) is 2.74. The van der Waals surface area contributed by atoms with Crippen molar-refractivity contribution in [2.75, 3.05) is 13.1 Å². The number of pyridine rings is 1. The average Bonchev–Trinajstić information content (AvgIpc) is 2.57. The largest absolute Gasteiger partial charge is 0.478 e. The lowest BCUT2D eigenvalue weighted by atomic mass is 9.99. The second-order valence-electron chi connectivity index (χ2n) is 5.38. The van der Waals surface area contributed by atoms with Crippen molar-refractivity contribution in [1.82, 2.24) is 9.88 Å². The maximum absolute atomic E-state index is 11.2. The van der Waals surface area contributed by atoms with Crippen LogP contribution < -0.4 is 0 Å². The number of hydrogen-bond donors (Lipinski definition) is 1. The van der Waals surface area contributed by atoms with Gasteiger partial charge in [0, 0.05) is 25.8 Å². The first-order valence-corrected chi connectivity index (χ1v) is 7.38. The number of aromatic nitrogens is 1. The summed E-state index contributed by atoms with van der Waals surface area (Å²) in [5.41, 5.74) is 3.55.